The molecule has 0 radical (unpaired) electrons. The van der Waals surface area contributed by atoms with Gasteiger partial charge >= 0.3 is 6.18 Å². The molecule has 2 aromatic carbocycles. The molecule has 0 aromatic heterocycles. The van der Waals surface area contributed by atoms with Crippen LogP contribution in [0.15, 0.2) is 53.7 Å². The summed E-state index contributed by atoms with van der Waals surface area (Å²) >= 11 is 5.83. The van der Waals surface area contributed by atoms with Gasteiger partial charge in [-0.3, -0.25) is 0 Å². The summed E-state index contributed by atoms with van der Waals surface area (Å²) in [6, 6.07) is 12.5. The van der Waals surface area contributed by atoms with Crippen molar-refractivity contribution in [2.45, 2.75) is 25.6 Å². The van der Waals surface area contributed by atoms with Crippen molar-refractivity contribution in [3.05, 3.63) is 70.8 Å². The number of oxime groups is 1. The Balaban J connectivity index is 2.09. The van der Waals surface area contributed by atoms with Crippen LogP contribution < -0.4 is 0 Å². The van der Waals surface area contributed by atoms with E-state index in [4.69, 9.17) is 16.4 Å². The molecule has 2 nitrogen and oxygen atoms in total. The Kier molecular flexibility index (Phi) is 5.66. The van der Waals surface area contributed by atoms with Crippen molar-refractivity contribution in [2.75, 3.05) is 0 Å². The molecule has 0 saturated heterocycles. The Labute approximate surface area is 137 Å². The smallest absolute Gasteiger partial charge is 0.391 e. The van der Waals surface area contributed by atoms with Crippen LogP contribution in [0.4, 0.5) is 13.2 Å². The number of rotatable bonds is 5. The third-order valence-corrected chi connectivity index (χ3v) is 3.58. The number of halogens is 4. The summed E-state index contributed by atoms with van der Waals surface area (Å²) in [6.45, 7) is 1.81. The van der Waals surface area contributed by atoms with Crippen LogP contribution in [-0.2, 0) is 23.5 Å². The molecule has 0 amide bonds. The summed E-state index contributed by atoms with van der Waals surface area (Å²) in [5.74, 6) is 0.357. The SMILES string of the molecule is C/C(=N/OCc1ccccc1CCl)c1cccc(C(F)(F)F)c1. The van der Waals surface area contributed by atoms with Gasteiger partial charge in [0.15, 0.2) is 0 Å². The van der Waals surface area contributed by atoms with E-state index < -0.39 is 11.7 Å². The summed E-state index contributed by atoms with van der Waals surface area (Å²) in [4.78, 5) is 5.25. The highest BCUT2D eigenvalue weighted by molar-refractivity contribution is 6.17. The van der Waals surface area contributed by atoms with E-state index in [1.165, 1.54) is 6.07 Å². The molecule has 0 aliphatic carbocycles. The molecular weight excluding hydrogens is 327 g/mol. The fraction of sp³-hybridized carbons (Fsp3) is 0.235. The molecule has 0 bridgehead atoms. The minimum absolute atomic E-state index is 0.208. The quantitative estimate of drug-likeness (QED) is 0.406. The topological polar surface area (TPSA) is 21.6 Å². The van der Waals surface area contributed by atoms with Gasteiger partial charge < -0.3 is 4.84 Å². The third kappa shape index (κ3) is 4.73. The number of alkyl halides is 4. The predicted molar refractivity (Wildman–Crippen MR) is 84.4 cm³/mol. The van der Waals surface area contributed by atoms with Crippen LogP contribution in [0.25, 0.3) is 0 Å². The van der Waals surface area contributed by atoms with Gasteiger partial charge in [-0.15, -0.1) is 11.6 Å². The van der Waals surface area contributed by atoms with Crippen molar-refractivity contribution in [3.63, 3.8) is 0 Å². The van der Waals surface area contributed by atoms with Crippen molar-refractivity contribution in [1.82, 2.24) is 0 Å². The molecule has 6 heteroatoms. The van der Waals surface area contributed by atoms with Gasteiger partial charge in [-0.2, -0.15) is 13.2 Å². The van der Waals surface area contributed by atoms with E-state index in [9.17, 15) is 13.2 Å². The molecule has 0 heterocycles. The summed E-state index contributed by atoms with van der Waals surface area (Å²) in [6.07, 6.45) is -4.38. The summed E-state index contributed by atoms with van der Waals surface area (Å²) in [5.41, 5.74) is 1.85. The van der Waals surface area contributed by atoms with Crippen LogP contribution in [-0.4, -0.2) is 5.71 Å². The molecule has 2 aromatic rings. The second kappa shape index (κ2) is 7.51. The average Bonchev–Trinajstić information content (AvgIpc) is 2.54. The normalized spacial score (nSPS) is 12.3. The number of hydrogen-bond donors (Lipinski definition) is 0. The molecule has 2 rings (SSSR count). The standard InChI is InChI=1S/C17H15ClF3NO/c1-12(13-7-4-8-16(9-13)17(19,20)21)22-23-11-15-6-3-2-5-14(15)10-18/h2-9H,10-11H2,1H3/b22-12-. The molecule has 0 N–H and O–H groups in total. The van der Waals surface area contributed by atoms with E-state index in [1.807, 2.05) is 24.3 Å². The molecule has 0 fully saturated rings. The average molecular weight is 342 g/mol. The van der Waals surface area contributed by atoms with Gasteiger partial charge in [0.2, 0.25) is 0 Å². The molecule has 0 aliphatic rings. The Bertz CT molecular complexity index is 698. The highest BCUT2D eigenvalue weighted by Crippen LogP contribution is 2.29. The zero-order valence-electron chi connectivity index (χ0n) is 12.4. The first kappa shape index (κ1) is 17.3. The Morgan fingerprint density at radius 3 is 2.43 bits per heavy atom. The van der Waals surface area contributed by atoms with Gasteiger partial charge in [0.25, 0.3) is 0 Å². The second-order valence-electron chi connectivity index (χ2n) is 4.93. The summed E-state index contributed by atoms with van der Waals surface area (Å²) in [7, 11) is 0. The van der Waals surface area contributed by atoms with Crippen LogP contribution in [0.1, 0.15) is 29.2 Å². The van der Waals surface area contributed by atoms with Crippen LogP contribution >= 0.6 is 11.6 Å². The molecule has 0 unspecified atom stereocenters. The summed E-state index contributed by atoms with van der Waals surface area (Å²) < 4.78 is 38.1. The third-order valence-electron chi connectivity index (χ3n) is 3.29. The lowest BCUT2D eigenvalue weighted by Crippen LogP contribution is -2.07. The molecule has 23 heavy (non-hydrogen) atoms. The monoisotopic (exact) mass is 341 g/mol. The van der Waals surface area contributed by atoms with E-state index in [-0.39, 0.29) is 6.61 Å². The molecule has 0 atom stereocenters. The number of hydrogen-bond acceptors (Lipinski definition) is 2. The highest BCUT2D eigenvalue weighted by atomic mass is 35.5. The van der Waals surface area contributed by atoms with Crippen LogP contribution in [0.2, 0.25) is 0 Å². The van der Waals surface area contributed by atoms with Crippen LogP contribution in [0.5, 0.6) is 0 Å². The number of nitrogens with zero attached hydrogens (tertiary/aromatic N) is 1. The van der Waals surface area contributed by atoms with Crippen molar-refractivity contribution in [2.24, 2.45) is 5.16 Å². The highest BCUT2D eigenvalue weighted by Gasteiger charge is 2.30. The zero-order valence-corrected chi connectivity index (χ0v) is 13.2. The van der Waals surface area contributed by atoms with Crippen LogP contribution in [0.3, 0.4) is 0 Å². The van der Waals surface area contributed by atoms with Crippen molar-refractivity contribution >= 4 is 17.3 Å². The Hall–Kier alpha value is -2.01. The first-order valence-corrected chi connectivity index (χ1v) is 7.42. The lowest BCUT2D eigenvalue weighted by Gasteiger charge is -2.09. The van der Waals surface area contributed by atoms with Crippen LogP contribution in [0, 0.1) is 0 Å². The van der Waals surface area contributed by atoms with Gasteiger partial charge in [-0.05, 0) is 35.7 Å². The van der Waals surface area contributed by atoms with Gasteiger partial charge in [-0.25, -0.2) is 0 Å². The fourth-order valence-corrected chi connectivity index (χ4v) is 2.26. The van der Waals surface area contributed by atoms with E-state index in [0.717, 1.165) is 23.3 Å². The Morgan fingerprint density at radius 1 is 1.09 bits per heavy atom. The fourth-order valence-electron chi connectivity index (χ4n) is 2.00. The zero-order chi connectivity index (χ0) is 16.9. The molecule has 0 aliphatic heterocycles. The van der Waals surface area contributed by atoms with E-state index in [0.29, 0.717) is 17.2 Å². The van der Waals surface area contributed by atoms with Crippen molar-refractivity contribution in [1.29, 1.82) is 0 Å². The Morgan fingerprint density at radius 2 is 1.78 bits per heavy atom. The maximum absolute atomic E-state index is 12.7. The largest absolute Gasteiger partial charge is 0.416 e. The molecule has 0 saturated carbocycles. The van der Waals surface area contributed by atoms with Gasteiger partial charge in [0, 0.05) is 5.88 Å². The molecule has 0 spiro atoms. The maximum Gasteiger partial charge on any atom is 0.416 e. The minimum atomic E-state index is -4.38. The second-order valence-corrected chi connectivity index (χ2v) is 5.20. The van der Waals surface area contributed by atoms with Gasteiger partial charge in [0.05, 0.1) is 11.3 Å². The van der Waals surface area contributed by atoms with E-state index >= 15 is 0 Å². The first-order valence-electron chi connectivity index (χ1n) is 6.88. The predicted octanol–water partition coefficient (Wildman–Crippen LogP) is 5.39. The lowest BCUT2D eigenvalue weighted by atomic mass is 10.1. The first-order chi connectivity index (χ1) is 10.9. The van der Waals surface area contributed by atoms with Gasteiger partial charge in [-0.1, -0.05) is 41.6 Å². The minimum Gasteiger partial charge on any atom is -0.391 e. The molecular formula is C17H15ClF3NO. The van der Waals surface area contributed by atoms with Crippen molar-refractivity contribution < 1.29 is 18.0 Å². The number of benzene rings is 2. The van der Waals surface area contributed by atoms with E-state index in [1.54, 1.807) is 13.0 Å². The van der Waals surface area contributed by atoms with E-state index in [2.05, 4.69) is 5.16 Å². The van der Waals surface area contributed by atoms with Crippen molar-refractivity contribution in [3.8, 4) is 0 Å². The molecule has 122 valence electrons. The van der Waals surface area contributed by atoms with Gasteiger partial charge in [0.1, 0.15) is 6.61 Å². The lowest BCUT2D eigenvalue weighted by molar-refractivity contribution is -0.137. The summed E-state index contributed by atoms with van der Waals surface area (Å²) in [5, 5.41) is 3.89. The maximum atomic E-state index is 12.7.